The van der Waals surface area contributed by atoms with Crippen molar-refractivity contribution in [2.24, 2.45) is 4.99 Å². The molecule has 7 heteroatoms. The molecule has 1 aromatic rings. The molecule has 0 fully saturated rings. The second-order valence-electron chi connectivity index (χ2n) is 2.37. The molecule has 0 spiro atoms. The minimum atomic E-state index is -3.36. The number of nitrogens with zero attached hydrogens (tertiary/aromatic N) is 1. The van der Waals surface area contributed by atoms with Crippen LogP contribution < -0.4 is 0 Å². The molecule has 0 N–H and O–H groups in total. The van der Waals surface area contributed by atoms with Crippen LogP contribution in [-0.2, 0) is 4.79 Å². The normalized spacial score (nSPS) is 10.9. The summed E-state index contributed by atoms with van der Waals surface area (Å²) in [6, 6.07) is 4.23. The molecule has 1 aromatic carbocycles. The number of alkyl halides is 3. The molecule has 1 rings (SSSR count). The van der Waals surface area contributed by atoms with Crippen molar-refractivity contribution in [2.45, 2.75) is 9.61 Å². The van der Waals surface area contributed by atoms with Crippen molar-refractivity contribution in [3.63, 3.8) is 0 Å². The highest BCUT2D eigenvalue weighted by Gasteiger charge is 2.27. The Balaban J connectivity index is 2.98. The van der Waals surface area contributed by atoms with Crippen molar-refractivity contribution < 1.29 is 13.6 Å². The van der Waals surface area contributed by atoms with E-state index in [9.17, 15) is 13.6 Å². The maximum atomic E-state index is 12.5. The highest BCUT2D eigenvalue weighted by molar-refractivity contribution is 9.10. The van der Waals surface area contributed by atoms with Crippen LogP contribution in [0.2, 0.25) is 0 Å². The molecule has 0 aliphatic rings. The maximum absolute atomic E-state index is 12.5. The van der Waals surface area contributed by atoms with E-state index in [2.05, 4.69) is 20.9 Å². The van der Waals surface area contributed by atoms with E-state index in [1.165, 1.54) is 24.3 Å². The Hall–Kier alpha value is -0.420. The zero-order chi connectivity index (χ0) is 11.5. The summed E-state index contributed by atoms with van der Waals surface area (Å²) < 4.78 is 21.9. The van der Waals surface area contributed by atoms with Crippen molar-refractivity contribution >= 4 is 51.1 Å². The predicted molar refractivity (Wildman–Crippen MR) is 58.6 cm³/mol. The third-order valence-electron chi connectivity index (χ3n) is 1.32. The Kier molecular flexibility index (Phi) is 4.28. The van der Waals surface area contributed by atoms with E-state index in [1.807, 2.05) is 0 Å². The Labute approximate surface area is 102 Å². The summed E-state index contributed by atoms with van der Waals surface area (Å²) >= 11 is 8.03. The fourth-order valence-electron chi connectivity index (χ4n) is 0.819. The molecule has 0 aliphatic carbocycles. The maximum Gasteiger partial charge on any atom is 0.375 e. The molecule has 80 valence electrons. The van der Waals surface area contributed by atoms with Crippen LogP contribution in [0, 0.1) is 0 Å². The molecule has 0 saturated carbocycles. The van der Waals surface area contributed by atoms with Gasteiger partial charge in [0.05, 0.1) is 5.69 Å². The largest absolute Gasteiger partial charge is 0.375 e. The van der Waals surface area contributed by atoms with Gasteiger partial charge in [0.2, 0.25) is 6.08 Å². The van der Waals surface area contributed by atoms with E-state index in [-0.39, 0.29) is 16.7 Å². The molecular weight excluding hydrogens is 312 g/mol. The molecule has 0 amide bonds. The van der Waals surface area contributed by atoms with Crippen LogP contribution in [0.3, 0.4) is 0 Å². The summed E-state index contributed by atoms with van der Waals surface area (Å²) in [5.41, 5.74) is 0.333. The van der Waals surface area contributed by atoms with Gasteiger partial charge in [-0.25, -0.2) is 4.79 Å². The third kappa shape index (κ3) is 4.30. The van der Waals surface area contributed by atoms with E-state index in [4.69, 9.17) is 11.6 Å². The highest BCUT2D eigenvalue weighted by Crippen LogP contribution is 2.42. The van der Waals surface area contributed by atoms with Gasteiger partial charge < -0.3 is 0 Å². The quantitative estimate of drug-likeness (QED) is 0.360. The third-order valence-corrected chi connectivity index (χ3v) is 3.27. The summed E-state index contributed by atoms with van der Waals surface area (Å²) in [5, 5.41) is 0. The standard InChI is InChI=1S/C8H3BrClF2NOS/c9-6-3-5(13-4-14)1-2-7(6)15-8(10,11)12/h1-3H. The number of halogens is 4. The molecular formula is C8H3BrClF2NOS. The topological polar surface area (TPSA) is 29.4 Å². The highest BCUT2D eigenvalue weighted by atomic mass is 79.9. The van der Waals surface area contributed by atoms with Gasteiger partial charge in [0.15, 0.2) is 0 Å². The van der Waals surface area contributed by atoms with E-state index in [0.29, 0.717) is 10.2 Å². The van der Waals surface area contributed by atoms with E-state index < -0.39 is 4.71 Å². The number of benzene rings is 1. The zero-order valence-electron chi connectivity index (χ0n) is 7.01. The van der Waals surface area contributed by atoms with Crippen molar-refractivity contribution in [3.8, 4) is 0 Å². The molecule has 2 nitrogen and oxygen atoms in total. The van der Waals surface area contributed by atoms with Gasteiger partial charge in [-0.05, 0) is 57.5 Å². The first-order valence-corrected chi connectivity index (χ1v) is 5.54. The number of rotatable bonds is 3. The smallest absolute Gasteiger partial charge is 0.211 e. The van der Waals surface area contributed by atoms with Gasteiger partial charge in [0.1, 0.15) is 0 Å². The first-order valence-electron chi connectivity index (χ1n) is 3.55. The fourth-order valence-corrected chi connectivity index (χ4v) is 2.22. The first-order chi connectivity index (χ1) is 6.92. The number of isocyanates is 1. The van der Waals surface area contributed by atoms with Crippen molar-refractivity contribution in [2.75, 3.05) is 0 Å². The lowest BCUT2D eigenvalue weighted by Gasteiger charge is -2.08. The van der Waals surface area contributed by atoms with Gasteiger partial charge in [-0.1, -0.05) is 0 Å². The van der Waals surface area contributed by atoms with E-state index in [0.717, 1.165) is 0 Å². The van der Waals surface area contributed by atoms with E-state index in [1.54, 1.807) is 0 Å². The Morgan fingerprint density at radius 1 is 1.53 bits per heavy atom. The zero-order valence-corrected chi connectivity index (χ0v) is 10.2. The molecule has 0 saturated heterocycles. The second-order valence-corrected chi connectivity index (χ2v) is 5.08. The molecule has 15 heavy (non-hydrogen) atoms. The Morgan fingerprint density at radius 3 is 2.67 bits per heavy atom. The first kappa shape index (κ1) is 12.6. The average Bonchev–Trinajstić information content (AvgIpc) is 2.08. The Morgan fingerprint density at radius 2 is 2.20 bits per heavy atom. The lowest BCUT2D eigenvalue weighted by atomic mass is 10.3. The summed E-state index contributed by atoms with van der Waals surface area (Å²) in [4.78, 5) is 13.5. The molecule has 0 heterocycles. The lowest BCUT2D eigenvalue weighted by Crippen LogP contribution is -1.97. The summed E-state index contributed by atoms with van der Waals surface area (Å²) in [5.74, 6) is 0. The summed E-state index contributed by atoms with van der Waals surface area (Å²) in [7, 11) is 0. The van der Waals surface area contributed by atoms with Crippen LogP contribution in [0.25, 0.3) is 0 Å². The van der Waals surface area contributed by atoms with Crippen LogP contribution in [0.1, 0.15) is 0 Å². The van der Waals surface area contributed by atoms with Gasteiger partial charge >= 0.3 is 4.71 Å². The number of thioether (sulfide) groups is 1. The minimum Gasteiger partial charge on any atom is -0.211 e. The second kappa shape index (κ2) is 5.07. The molecule has 0 bridgehead atoms. The number of hydrogen-bond donors (Lipinski definition) is 0. The molecule has 0 aromatic heterocycles. The van der Waals surface area contributed by atoms with Crippen LogP contribution >= 0.6 is 39.3 Å². The number of aliphatic imine (C=N–C) groups is 1. The van der Waals surface area contributed by atoms with Gasteiger partial charge in [-0.15, -0.1) is 0 Å². The molecule has 0 unspecified atom stereocenters. The molecule has 0 atom stereocenters. The minimum absolute atomic E-state index is 0.199. The van der Waals surface area contributed by atoms with E-state index >= 15 is 0 Å². The molecule has 0 aliphatic heterocycles. The predicted octanol–water partition coefficient (Wildman–Crippen LogP) is 4.30. The summed E-state index contributed by atoms with van der Waals surface area (Å²) in [6.07, 6.45) is 1.35. The monoisotopic (exact) mass is 313 g/mol. The van der Waals surface area contributed by atoms with Gasteiger partial charge in [0.25, 0.3) is 0 Å². The number of carbonyl (C=O) groups excluding carboxylic acids is 1. The lowest BCUT2D eigenvalue weighted by molar-refractivity contribution is 0.203. The SMILES string of the molecule is O=C=Nc1ccc(SC(F)(F)Cl)c(Br)c1. The summed E-state index contributed by atoms with van der Waals surface area (Å²) in [6.45, 7) is 0. The van der Waals surface area contributed by atoms with Crippen molar-refractivity contribution in [1.82, 2.24) is 0 Å². The average molecular weight is 315 g/mol. The number of hydrogen-bond acceptors (Lipinski definition) is 3. The van der Waals surface area contributed by atoms with Gasteiger partial charge in [-0.2, -0.15) is 13.8 Å². The fraction of sp³-hybridized carbons (Fsp3) is 0.125. The van der Waals surface area contributed by atoms with Gasteiger partial charge in [0, 0.05) is 9.37 Å². The van der Waals surface area contributed by atoms with Gasteiger partial charge in [-0.3, -0.25) is 0 Å². The van der Waals surface area contributed by atoms with Crippen LogP contribution in [-0.4, -0.2) is 10.8 Å². The van der Waals surface area contributed by atoms with Crippen LogP contribution in [0.4, 0.5) is 14.5 Å². The van der Waals surface area contributed by atoms with Crippen molar-refractivity contribution in [1.29, 1.82) is 0 Å². The molecule has 0 radical (unpaired) electrons. The Bertz CT molecular complexity index is 418. The van der Waals surface area contributed by atoms with Crippen LogP contribution in [0.15, 0.2) is 32.6 Å². The van der Waals surface area contributed by atoms with Crippen LogP contribution in [0.5, 0.6) is 0 Å². The van der Waals surface area contributed by atoms with Crippen molar-refractivity contribution in [3.05, 3.63) is 22.7 Å².